The van der Waals surface area contributed by atoms with Gasteiger partial charge in [-0.1, -0.05) is 54.6 Å². The third-order valence-electron chi connectivity index (χ3n) is 5.82. The number of hydrogen-bond acceptors (Lipinski definition) is 3. The van der Waals surface area contributed by atoms with Crippen molar-refractivity contribution in [2.24, 2.45) is 0 Å². The number of fused-ring (bicyclic) bond motifs is 1. The Kier molecular flexibility index (Phi) is 4.32. The van der Waals surface area contributed by atoms with Gasteiger partial charge in [0, 0.05) is 31.1 Å². The van der Waals surface area contributed by atoms with Crippen LogP contribution < -0.4 is 5.32 Å². The minimum Gasteiger partial charge on any atom is -0.338 e. The summed E-state index contributed by atoms with van der Waals surface area (Å²) in [5.41, 5.74) is 4.08. The maximum absolute atomic E-state index is 3.70. The predicted octanol–water partition coefficient (Wildman–Crippen LogP) is 3.24. The second-order valence-corrected chi connectivity index (χ2v) is 7.61. The number of hydrogen-bond donors (Lipinski definition) is 1. The van der Waals surface area contributed by atoms with Gasteiger partial charge in [0.25, 0.3) is 0 Å². The minimum absolute atomic E-state index is 0.231. The molecule has 2 aromatic rings. The van der Waals surface area contributed by atoms with Crippen LogP contribution >= 0.6 is 0 Å². The first-order valence-corrected chi connectivity index (χ1v) is 10.1. The molecule has 0 saturated heterocycles. The van der Waals surface area contributed by atoms with Crippen molar-refractivity contribution in [1.82, 2.24) is 15.1 Å². The van der Waals surface area contributed by atoms with Gasteiger partial charge in [-0.3, -0.25) is 9.89 Å². The molecule has 1 unspecified atom stereocenters. The van der Waals surface area contributed by atoms with Crippen molar-refractivity contribution in [1.29, 1.82) is 0 Å². The molecule has 3 aliphatic rings. The van der Waals surface area contributed by atoms with Crippen LogP contribution in [0.3, 0.4) is 0 Å². The van der Waals surface area contributed by atoms with Gasteiger partial charge in [0.15, 0.2) is 6.17 Å². The summed E-state index contributed by atoms with van der Waals surface area (Å²) in [6, 6.07) is 19.6. The number of benzene rings is 2. The van der Waals surface area contributed by atoms with Crippen molar-refractivity contribution in [3.63, 3.8) is 0 Å². The molecule has 4 heteroatoms. The molecule has 1 N–H and O–H groups in total. The van der Waals surface area contributed by atoms with Gasteiger partial charge in [-0.15, -0.1) is 0 Å². The Morgan fingerprint density at radius 1 is 0.963 bits per heavy atom. The molecule has 0 saturated carbocycles. The Balaban J connectivity index is 1.55. The zero-order valence-electron chi connectivity index (χ0n) is 15.7. The topological polar surface area (TPSA) is 21.5 Å². The number of guanidine groups is 1. The average molecular weight is 359 g/mol. The quantitative estimate of drug-likeness (QED) is 0.851. The summed E-state index contributed by atoms with van der Waals surface area (Å²) in [7, 11) is 0. The molecular weight excluding hydrogens is 332 g/mol. The Bertz CT molecular complexity index is 867. The van der Waals surface area contributed by atoms with E-state index in [0.29, 0.717) is 0 Å². The fraction of sp³-hybridized carbons (Fsp3) is 0.348. The molecule has 0 radical (unpaired) electrons. The first kappa shape index (κ1) is 16.4. The largest absolute Gasteiger partial charge is 0.350 e. The summed E-state index contributed by atoms with van der Waals surface area (Å²) in [5.74, 6) is 1.32. The molecule has 0 spiro atoms. The Labute approximate surface area is 161 Å². The fourth-order valence-electron chi connectivity index (χ4n) is 4.58. The van der Waals surface area contributed by atoms with Gasteiger partial charge in [0.1, 0.15) is 0 Å². The highest BCUT2D eigenvalue weighted by Gasteiger charge is 2.39. The van der Waals surface area contributed by atoms with E-state index in [-0.39, 0.29) is 6.17 Å². The Morgan fingerprint density at radius 3 is 2.70 bits per heavy atom. The summed E-state index contributed by atoms with van der Waals surface area (Å²) in [6.45, 7) is 5.42. The van der Waals surface area contributed by atoms with Crippen molar-refractivity contribution in [2.75, 3.05) is 26.2 Å². The number of rotatable bonds is 3. The standard InChI is InChI=1S/C23H26N4/c1-2-8-19(9-3-1)18-26-17-12-20-10-4-5-11-21(20)22(26)27-16-7-15-25-14-6-13-24-23(25)27/h1-5,8-12,17,22H,6-7,13-16,18H2/p+1. The van der Waals surface area contributed by atoms with Crippen molar-refractivity contribution in [3.05, 3.63) is 77.5 Å². The lowest BCUT2D eigenvalue weighted by atomic mass is 9.99. The predicted molar refractivity (Wildman–Crippen MR) is 109 cm³/mol. The molecule has 0 aliphatic carbocycles. The number of nitrogens with zero attached hydrogens (tertiary/aromatic N) is 3. The molecule has 2 aromatic carbocycles. The third kappa shape index (κ3) is 3.09. The van der Waals surface area contributed by atoms with Crippen LogP contribution in [0.4, 0.5) is 0 Å². The van der Waals surface area contributed by atoms with E-state index in [4.69, 9.17) is 0 Å². The molecule has 27 heavy (non-hydrogen) atoms. The lowest BCUT2D eigenvalue weighted by Crippen LogP contribution is -2.58. The zero-order valence-corrected chi connectivity index (χ0v) is 15.7. The Morgan fingerprint density at radius 2 is 1.78 bits per heavy atom. The third-order valence-corrected chi connectivity index (χ3v) is 5.82. The van der Waals surface area contributed by atoms with Crippen LogP contribution in [0.15, 0.2) is 60.8 Å². The van der Waals surface area contributed by atoms with Crippen molar-refractivity contribution in [3.8, 4) is 0 Å². The van der Waals surface area contributed by atoms with Gasteiger partial charge in [-0.2, -0.15) is 0 Å². The van der Waals surface area contributed by atoms with Crippen molar-refractivity contribution < 1.29 is 4.58 Å². The van der Waals surface area contributed by atoms with Gasteiger partial charge in [0.2, 0.25) is 0 Å². The first-order chi connectivity index (χ1) is 13.4. The van der Waals surface area contributed by atoms with Gasteiger partial charge in [-0.05, 0) is 17.2 Å². The maximum Gasteiger partial charge on any atom is 0.350 e. The van der Waals surface area contributed by atoms with E-state index in [9.17, 15) is 0 Å². The summed E-state index contributed by atoms with van der Waals surface area (Å²) >= 11 is 0. The summed E-state index contributed by atoms with van der Waals surface area (Å²) < 4.78 is 2.54. The first-order valence-electron chi connectivity index (χ1n) is 10.1. The monoisotopic (exact) mass is 359 g/mol. The van der Waals surface area contributed by atoms with Gasteiger partial charge < -0.3 is 4.90 Å². The minimum atomic E-state index is 0.231. The summed E-state index contributed by atoms with van der Waals surface area (Å²) in [5, 5.41) is 3.70. The van der Waals surface area contributed by atoms with Crippen molar-refractivity contribution >= 4 is 12.0 Å². The zero-order chi connectivity index (χ0) is 18.1. The molecule has 138 valence electrons. The van der Waals surface area contributed by atoms with E-state index < -0.39 is 0 Å². The smallest absolute Gasteiger partial charge is 0.338 e. The number of nitrogens with one attached hydrogen (secondary N) is 1. The molecule has 0 bridgehead atoms. The molecule has 0 amide bonds. The van der Waals surface area contributed by atoms with Crippen molar-refractivity contribution in [2.45, 2.75) is 25.6 Å². The second-order valence-electron chi connectivity index (χ2n) is 7.61. The van der Waals surface area contributed by atoms with Crippen LogP contribution in [-0.4, -0.2) is 46.5 Å². The van der Waals surface area contributed by atoms with Gasteiger partial charge >= 0.3 is 5.96 Å². The maximum atomic E-state index is 3.70. The molecule has 1 atom stereocenters. The molecule has 0 fully saturated rings. The van der Waals surface area contributed by atoms with E-state index in [2.05, 4.69) is 86.6 Å². The molecule has 5 rings (SSSR count). The van der Waals surface area contributed by atoms with E-state index >= 15 is 0 Å². The van der Waals surface area contributed by atoms with Crippen LogP contribution in [0.2, 0.25) is 0 Å². The fourth-order valence-corrected chi connectivity index (χ4v) is 4.58. The lowest BCUT2D eigenvalue weighted by Gasteiger charge is -2.42. The van der Waals surface area contributed by atoms with E-state index in [1.807, 2.05) is 0 Å². The van der Waals surface area contributed by atoms with Crippen LogP contribution in [0, 0.1) is 0 Å². The van der Waals surface area contributed by atoms with E-state index in [1.54, 1.807) is 0 Å². The van der Waals surface area contributed by atoms with E-state index in [1.165, 1.54) is 48.6 Å². The molecule has 3 aliphatic heterocycles. The molecule has 3 heterocycles. The summed E-state index contributed by atoms with van der Waals surface area (Å²) in [6.07, 6.45) is 7.21. The van der Waals surface area contributed by atoms with Gasteiger partial charge in [0.05, 0.1) is 26.2 Å². The average Bonchev–Trinajstić information content (AvgIpc) is 2.74. The highest BCUT2D eigenvalue weighted by Crippen LogP contribution is 2.35. The molecular formula is C23H27N4+. The normalized spacial score (nSPS) is 21.6. The van der Waals surface area contributed by atoms with E-state index in [0.717, 1.165) is 19.6 Å². The van der Waals surface area contributed by atoms with Crippen LogP contribution in [0.1, 0.15) is 35.7 Å². The highest BCUT2D eigenvalue weighted by molar-refractivity contribution is 5.77. The SMILES string of the molecule is C1=CN(Cc2ccccc2)C(N2CCC[N+]3=C2NCCC3)c2ccccc21. The van der Waals surface area contributed by atoms with Crippen LogP contribution in [-0.2, 0) is 6.54 Å². The molecule has 0 aromatic heterocycles. The molecule has 4 nitrogen and oxygen atoms in total. The summed E-state index contributed by atoms with van der Waals surface area (Å²) in [4.78, 5) is 5.08. The van der Waals surface area contributed by atoms with Gasteiger partial charge in [-0.25, -0.2) is 4.90 Å². The van der Waals surface area contributed by atoms with Crippen LogP contribution in [0.5, 0.6) is 0 Å². The Hall–Kier alpha value is -2.75. The van der Waals surface area contributed by atoms with Crippen LogP contribution in [0.25, 0.3) is 6.08 Å². The highest BCUT2D eigenvalue weighted by atomic mass is 15.5. The lowest BCUT2D eigenvalue weighted by molar-refractivity contribution is -0.545. The second kappa shape index (κ2) is 7.10.